The van der Waals surface area contributed by atoms with Crippen LogP contribution in [0.3, 0.4) is 0 Å². The lowest BCUT2D eigenvalue weighted by atomic mass is 10.6. The highest BCUT2D eigenvalue weighted by atomic mass is 16.6. The molecule has 5 nitrogen and oxygen atoms in total. The third-order valence-electron chi connectivity index (χ3n) is 0.860. The fraction of sp³-hybridized carbons (Fsp3) is 0.500. The normalized spacial score (nSPS) is 11.5. The Morgan fingerprint density at radius 2 is 2.36 bits per heavy atom. The molecule has 0 saturated carbocycles. The highest BCUT2D eigenvalue weighted by Gasteiger charge is 1.80. The molecule has 0 saturated heterocycles. The molecule has 1 aromatic rings. The van der Waals surface area contributed by atoms with E-state index < -0.39 is 6.29 Å². The summed E-state index contributed by atoms with van der Waals surface area (Å²) in [7, 11) is 1.45. The fourth-order valence-electron chi connectivity index (χ4n) is 0.261. The summed E-state index contributed by atoms with van der Waals surface area (Å²) in [5.41, 5.74) is 5.86. The van der Waals surface area contributed by atoms with Crippen LogP contribution in [0.1, 0.15) is 6.92 Å². The van der Waals surface area contributed by atoms with E-state index in [1.54, 1.807) is 19.3 Å². The molecule has 1 aromatic heterocycles. The standard InChI is InChI=1S/C3H5N3.C3H8O2/c4-3-1-5-6-2-3;1-3(4)5-2/h1-2H,4H2,(H,5,6);3-4H,1-2H3. The summed E-state index contributed by atoms with van der Waals surface area (Å²) in [5.74, 6) is 0. The number of hydrogen-bond donors (Lipinski definition) is 3. The number of aromatic amines is 1. The highest BCUT2D eigenvalue weighted by Crippen LogP contribution is 1.88. The van der Waals surface area contributed by atoms with Crippen molar-refractivity contribution in [1.29, 1.82) is 0 Å². The number of nitrogens with one attached hydrogen (secondary N) is 1. The van der Waals surface area contributed by atoms with Crippen LogP contribution >= 0.6 is 0 Å². The van der Waals surface area contributed by atoms with Crippen molar-refractivity contribution in [3.05, 3.63) is 12.4 Å². The second-order valence-corrected chi connectivity index (χ2v) is 1.87. The average molecular weight is 159 g/mol. The predicted molar refractivity (Wildman–Crippen MR) is 41.7 cm³/mol. The summed E-state index contributed by atoms with van der Waals surface area (Å²) in [6.45, 7) is 1.56. The molecule has 5 heteroatoms. The number of aromatic nitrogens is 2. The van der Waals surface area contributed by atoms with Crippen molar-refractivity contribution in [3.63, 3.8) is 0 Å². The van der Waals surface area contributed by atoms with Crippen LogP contribution in [0.5, 0.6) is 0 Å². The van der Waals surface area contributed by atoms with Gasteiger partial charge in [-0.3, -0.25) is 5.10 Å². The number of rotatable bonds is 1. The van der Waals surface area contributed by atoms with E-state index in [1.807, 2.05) is 0 Å². The SMILES string of the molecule is COC(C)O.Nc1cn[nH]c1. The Bertz CT molecular complexity index is 162. The first-order chi connectivity index (χ1) is 5.16. The van der Waals surface area contributed by atoms with Crippen LogP contribution in [0, 0.1) is 0 Å². The van der Waals surface area contributed by atoms with Gasteiger partial charge in [0.1, 0.15) is 0 Å². The number of nitrogen functional groups attached to an aromatic ring is 1. The van der Waals surface area contributed by atoms with Crippen molar-refractivity contribution in [2.45, 2.75) is 13.2 Å². The second kappa shape index (κ2) is 5.70. The van der Waals surface area contributed by atoms with Crippen molar-refractivity contribution < 1.29 is 9.84 Å². The van der Waals surface area contributed by atoms with E-state index in [0.717, 1.165) is 0 Å². The molecule has 0 radical (unpaired) electrons. The summed E-state index contributed by atoms with van der Waals surface area (Å²) in [4.78, 5) is 0. The number of hydrogen-bond acceptors (Lipinski definition) is 4. The number of anilines is 1. The molecule has 1 heterocycles. The van der Waals surface area contributed by atoms with Gasteiger partial charge in [-0.25, -0.2) is 0 Å². The zero-order valence-electron chi connectivity index (χ0n) is 6.61. The van der Waals surface area contributed by atoms with Crippen molar-refractivity contribution in [3.8, 4) is 0 Å². The minimum atomic E-state index is -0.616. The second-order valence-electron chi connectivity index (χ2n) is 1.87. The van der Waals surface area contributed by atoms with Gasteiger partial charge in [-0.2, -0.15) is 5.10 Å². The predicted octanol–water partition coefficient (Wildman–Crippen LogP) is -0.0370. The first-order valence-electron chi connectivity index (χ1n) is 3.12. The van der Waals surface area contributed by atoms with Crippen LogP contribution in [-0.2, 0) is 4.74 Å². The van der Waals surface area contributed by atoms with Crippen molar-refractivity contribution in [1.82, 2.24) is 10.2 Å². The van der Waals surface area contributed by atoms with Gasteiger partial charge in [0.2, 0.25) is 0 Å². The minimum absolute atomic E-state index is 0.616. The maximum Gasteiger partial charge on any atom is 0.151 e. The quantitative estimate of drug-likeness (QED) is 0.502. The van der Waals surface area contributed by atoms with Gasteiger partial charge in [0.25, 0.3) is 0 Å². The minimum Gasteiger partial charge on any atom is -0.396 e. The average Bonchev–Trinajstić information content (AvgIpc) is 2.41. The van der Waals surface area contributed by atoms with Crippen LogP contribution in [0.2, 0.25) is 0 Å². The van der Waals surface area contributed by atoms with E-state index in [-0.39, 0.29) is 0 Å². The van der Waals surface area contributed by atoms with Crippen LogP contribution < -0.4 is 5.73 Å². The zero-order valence-corrected chi connectivity index (χ0v) is 6.61. The van der Waals surface area contributed by atoms with Gasteiger partial charge in [-0.05, 0) is 6.92 Å². The van der Waals surface area contributed by atoms with Gasteiger partial charge in [0.15, 0.2) is 6.29 Å². The van der Waals surface area contributed by atoms with Gasteiger partial charge in [0, 0.05) is 13.3 Å². The Balaban J connectivity index is 0.000000187. The summed E-state index contributed by atoms with van der Waals surface area (Å²) in [6, 6.07) is 0. The van der Waals surface area contributed by atoms with Crippen molar-refractivity contribution in [2.75, 3.05) is 12.8 Å². The largest absolute Gasteiger partial charge is 0.396 e. The molecule has 0 spiro atoms. The Labute approximate surface area is 65.2 Å². The van der Waals surface area contributed by atoms with E-state index in [1.165, 1.54) is 7.11 Å². The van der Waals surface area contributed by atoms with Gasteiger partial charge >= 0.3 is 0 Å². The Morgan fingerprint density at radius 3 is 2.45 bits per heavy atom. The van der Waals surface area contributed by atoms with Crippen molar-refractivity contribution in [2.24, 2.45) is 0 Å². The summed E-state index contributed by atoms with van der Waals surface area (Å²) in [6.07, 6.45) is 2.56. The molecule has 0 aliphatic heterocycles. The molecule has 0 aliphatic carbocycles. The number of aliphatic hydroxyl groups excluding tert-OH is 1. The molecule has 0 aromatic carbocycles. The first kappa shape index (κ1) is 9.93. The molecule has 0 fully saturated rings. The number of aliphatic hydroxyl groups is 1. The van der Waals surface area contributed by atoms with E-state index in [0.29, 0.717) is 5.69 Å². The van der Waals surface area contributed by atoms with Crippen LogP contribution in [0.25, 0.3) is 0 Å². The lowest BCUT2D eigenvalue weighted by molar-refractivity contribution is -0.0583. The van der Waals surface area contributed by atoms with Crippen LogP contribution in [-0.4, -0.2) is 28.7 Å². The number of nitrogens with two attached hydrogens (primary N) is 1. The molecule has 64 valence electrons. The molecule has 0 amide bonds. The van der Waals surface area contributed by atoms with E-state index in [2.05, 4.69) is 14.9 Å². The van der Waals surface area contributed by atoms with Gasteiger partial charge in [-0.1, -0.05) is 0 Å². The summed E-state index contributed by atoms with van der Waals surface area (Å²) < 4.78 is 4.31. The van der Waals surface area contributed by atoms with Gasteiger partial charge < -0.3 is 15.6 Å². The van der Waals surface area contributed by atoms with Gasteiger partial charge in [0.05, 0.1) is 11.9 Å². The highest BCUT2D eigenvalue weighted by molar-refractivity contribution is 5.29. The summed E-state index contributed by atoms with van der Waals surface area (Å²) >= 11 is 0. The lowest BCUT2D eigenvalue weighted by Gasteiger charge is -1.94. The number of methoxy groups -OCH3 is 1. The smallest absolute Gasteiger partial charge is 0.151 e. The maximum absolute atomic E-state index is 8.14. The van der Waals surface area contributed by atoms with E-state index in [4.69, 9.17) is 10.8 Å². The maximum atomic E-state index is 8.14. The molecule has 11 heavy (non-hydrogen) atoms. The monoisotopic (exact) mass is 159 g/mol. The zero-order chi connectivity index (χ0) is 8.69. The molecule has 0 bridgehead atoms. The number of H-pyrrole nitrogens is 1. The fourth-order valence-corrected chi connectivity index (χ4v) is 0.261. The molecule has 0 aliphatic rings. The Kier molecular flexibility index (Phi) is 5.14. The molecule has 1 atom stereocenters. The molecular formula is C6H13N3O2. The van der Waals surface area contributed by atoms with Gasteiger partial charge in [-0.15, -0.1) is 0 Å². The van der Waals surface area contributed by atoms with E-state index >= 15 is 0 Å². The van der Waals surface area contributed by atoms with Crippen LogP contribution in [0.15, 0.2) is 12.4 Å². The third-order valence-corrected chi connectivity index (χ3v) is 0.860. The number of ether oxygens (including phenoxy) is 1. The molecular weight excluding hydrogens is 146 g/mol. The molecule has 1 rings (SSSR count). The molecule has 4 N–H and O–H groups in total. The van der Waals surface area contributed by atoms with Crippen molar-refractivity contribution >= 4 is 5.69 Å². The summed E-state index contributed by atoms with van der Waals surface area (Å²) in [5, 5.41) is 14.3. The number of nitrogens with zero attached hydrogens (tertiary/aromatic N) is 1. The van der Waals surface area contributed by atoms with Crippen LogP contribution in [0.4, 0.5) is 5.69 Å². The Morgan fingerprint density at radius 1 is 1.82 bits per heavy atom. The topological polar surface area (TPSA) is 84.2 Å². The molecule has 1 unspecified atom stereocenters. The third kappa shape index (κ3) is 6.82. The lowest BCUT2D eigenvalue weighted by Crippen LogP contribution is -1.99. The van der Waals surface area contributed by atoms with E-state index in [9.17, 15) is 0 Å². The first-order valence-corrected chi connectivity index (χ1v) is 3.12. The Hall–Kier alpha value is -1.07.